The predicted molar refractivity (Wildman–Crippen MR) is 151 cm³/mol. The summed E-state index contributed by atoms with van der Waals surface area (Å²) >= 11 is 0. The molecule has 4 rings (SSSR count). The van der Waals surface area contributed by atoms with Crippen molar-refractivity contribution in [3.63, 3.8) is 0 Å². The second-order valence-electron chi connectivity index (χ2n) is 10.4. The van der Waals surface area contributed by atoms with E-state index >= 15 is 0 Å². The van der Waals surface area contributed by atoms with Crippen molar-refractivity contribution in [2.24, 2.45) is 0 Å². The van der Waals surface area contributed by atoms with Gasteiger partial charge < -0.3 is 4.90 Å². The molecule has 3 saturated heterocycles. The van der Waals surface area contributed by atoms with E-state index in [-0.39, 0.29) is 12.3 Å². The van der Waals surface area contributed by atoms with Crippen molar-refractivity contribution in [1.82, 2.24) is 18.4 Å². The van der Waals surface area contributed by atoms with Gasteiger partial charge in [-0.3, -0.25) is 4.90 Å². The number of benzene rings is 1. The van der Waals surface area contributed by atoms with Crippen LogP contribution in [0.3, 0.4) is 0 Å². The van der Waals surface area contributed by atoms with Crippen LogP contribution in [-0.4, -0.2) is 114 Å². The Kier molecular flexibility index (Phi) is 11.8. The smallest absolute Gasteiger partial charge is 0.306 e. The number of rotatable bonds is 6. The third-order valence-electron chi connectivity index (χ3n) is 7.62. The van der Waals surface area contributed by atoms with Crippen LogP contribution in [0.5, 0.6) is 0 Å². The highest BCUT2D eigenvalue weighted by Crippen LogP contribution is 2.33. The van der Waals surface area contributed by atoms with Crippen LogP contribution in [0.2, 0.25) is 0 Å². The quantitative estimate of drug-likeness (QED) is 0.420. The fourth-order valence-electron chi connectivity index (χ4n) is 5.48. The van der Waals surface area contributed by atoms with Crippen LogP contribution in [0.1, 0.15) is 37.7 Å². The molecule has 41 heavy (non-hydrogen) atoms. The van der Waals surface area contributed by atoms with Crippen molar-refractivity contribution in [2.45, 2.75) is 55.3 Å². The van der Waals surface area contributed by atoms with Gasteiger partial charge >= 0.3 is 14.4 Å². The Hall–Kier alpha value is -0.720. The summed E-state index contributed by atoms with van der Waals surface area (Å²) in [4.78, 5) is 4.18. The molecule has 18 heteroatoms. The SMILES string of the molecule is CN1CCC(N2CCN(S(=O)(=O)CC3CCCCN3S(=O)(=O)c3cccc(C(F)(F)F)c3)CC2)CC1.O=S(=O)(Cl)Cl. The zero-order valence-electron chi connectivity index (χ0n) is 22.5. The van der Waals surface area contributed by atoms with Gasteiger partial charge in [-0.15, -0.1) is 0 Å². The monoisotopic (exact) mass is 686 g/mol. The molecule has 0 radical (unpaired) electrons. The number of piperazine rings is 1. The highest BCUT2D eigenvalue weighted by Gasteiger charge is 2.40. The molecule has 0 aliphatic carbocycles. The molecule has 1 unspecified atom stereocenters. The fourth-order valence-corrected chi connectivity index (χ4v) is 9.08. The highest BCUT2D eigenvalue weighted by molar-refractivity contribution is 8.31. The summed E-state index contributed by atoms with van der Waals surface area (Å²) in [5, 5.41) is 0. The second-order valence-corrected chi connectivity index (χ2v) is 18.0. The van der Waals surface area contributed by atoms with Gasteiger partial charge in [-0.05, 0) is 64.0 Å². The summed E-state index contributed by atoms with van der Waals surface area (Å²) in [6.07, 6.45) is -0.997. The molecule has 1 atom stereocenters. The maximum Gasteiger partial charge on any atom is 0.416 e. The lowest BCUT2D eigenvalue weighted by Crippen LogP contribution is -2.56. The molecule has 3 aliphatic heterocycles. The average Bonchev–Trinajstić information content (AvgIpc) is 2.88. The summed E-state index contributed by atoms with van der Waals surface area (Å²) < 4.78 is 114. The molecule has 0 bridgehead atoms. The van der Waals surface area contributed by atoms with Gasteiger partial charge in [0.15, 0.2) is 0 Å². The molecule has 10 nitrogen and oxygen atoms in total. The molecule has 0 saturated carbocycles. The van der Waals surface area contributed by atoms with Crippen LogP contribution >= 0.6 is 21.4 Å². The zero-order chi connectivity index (χ0) is 30.6. The third-order valence-corrected chi connectivity index (χ3v) is 11.5. The van der Waals surface area contributed by atoms with Gasteiger partial charge in [0.05, 0.1) is 16.2 Å². The van der Waals surface area contributed by atoms with Gasteiger partial charge in [-0.25, -0.2) is 16.8 Å². The van der Waals surface area contributed by atoms with E-state index in [0.29, 0.717) is 57.5 Å². The third kappa shape index (κ3) is 10.2. The summed E-state index contributed by atoms with van der Waals surface area (Å²) in [5.41, 5.74) is -1.05. The molecule has 3 aliphatic rings. The zero-order valence-corrected chi connectivity index (χ0v) is 26.5. The number of piperidine rings is 2. The van der Waals surface area contributed by atoms with Crippen molar-refractivity contribution in [3.8, 4) is 0 Å². The number of hydrogen-bond donors (Lipinski definition) is 0. The van der Waals surface area contributed by atoms with Gasteiger partial charge in [0.25, 0.3) is 0 Å². The summed E-state index contributed by atoms with van der Waals surface area (Å²) in [6, 6.07) is 3.29. The number of hydrogen-bond acceptors (Lipinski definition) is 8. The Morgan fingerprint density at radius 3 is 2.00 bits per heavy atom. The van der Waals surface area contributed by atoms with Crippen LogP contribution < -0.4 is 0 Å². The second kappa shape index (κ2) is 13.9. The summed E-state index contributed by atoms with van der Waals surface area (Å²) in [7, 11) is -1.11. The van der Waals surface area contributed by atoms with E-state index in [1.165, 1.54) is 4.31 Å². The van der Waals surface area contributed by atoms with Crippen molar-refractivity contribution >= 4 is 49.7 Å². The minimum Gasteiger partial charge on any atom is -0.306 e. The van der Waals surface area contributed by atoms with Crippen LogP contribution in [0, 0.1) is 0 Å². The lowest BCUT2D eigenvalue weighted by Gasteiger charge is -2.42. The summed E-state index contributed by atoms with van der Waals surface area (Å²) in [5.74, 6) is -0.362. The van der Waals surface area contributed by atoms with E-state index in [1.54, 1.807) is 0 Å². The van der Waals surface area contributed by atoms with Gasteiger partial charge in [-0.2, -0.15) is 30.2 Å². The predicted octanol–water partition coefficient (Wildman–Crippen LogP) is 3.00. The van der Waals surface area contributed by atoms with E-state index in [9.17, 15) is 30.0 Å². The maximum absolute atomic E-state index is 13.3. The van der Waals surface area contributed by atoms with E-state index in [4.69, 9.17) is 8.42 Å². The number of alkyl halides is 3. The number of halogens is 5. The molecule has 236 valence electrons. The first-order valence-corrected chi connectivity index (χ1v) is 19.3. The molecule has 0 amide bonds. The molecule has 1 aromatic rings. The van der Waals surface area contributed by atoms with Gasteiger partial charge in [0.2, 0.25) is 20.0 Å². The lowest BCUT2D eigenvalue weighted by molar-refractivity contribution is -0.137. The molecule has 0 aromatic heterocycles. The van der Waals surface area contributed by atoms with Crippen molar-refractivity contribution in [2.75, 3.05) is 58.6 Å². The molecule has 0 spiro atoms. The van der Waals surface area contributed by atoms with Gasteiger partial charge in [0.1, 0.15) is 0 Å². The standard InChI is InChI=1S/C23H35F3N4O4S2.Cl2O2S/c1-27-11-8-20(9-12-27)28-13-15-29(16-14-28)35(31,32)18-21-6-2-3-10-30(21)36(33,34)22-7-4-5-19(17-22)23(24,25)26;1-5(2,3)4/h4-5,7,17,20-21H,2-3,6,8-16,18H2,1H3;. The molecule has 1 aromatic carbocycles. The Labute approximate surface area is 249 Å². The Morgan fingerprint density at radius 1 is 0.854 bits per heavy atom. The number of sulfonamides is 2. The van der Waals surface area contributed by atoms with E-state index in [1.807, 2.05) is 0 Å². The fraction of sp³-hybridized carbons (Fsp3) is 0.739. The Bertz CT molecular complexity index is 1340. The molecule has 3 fully saturated rings. The van der Waals surface area contributed by atoms with Gasteiger partial charge in [0, 0.05) is 66.2 Å². The molecular weight excluding hydrogens is 652 g/mol. The maximum atomic E-state index is 13.3. The molecular formula is C23H35Cl2F3N4O6S3. The normalized spacial score (nSPS) is 23.6. The van der Waals surface area contributed by atoms with Crippen molar-refractivity contribution in [3.05, 3.63) is 29.8 Å². The topological polar surface area (TPSA) is 115 Å². The first-order valence-electron chi connectivity index (χ1n) is 13.1. The van der Waals surface area contributed by atoms with Gasteiger partial charge in [-0.1, -0.05) is 12.5 Å². The van der Waals surface area contributed by atoms with Crippen LogP contribution in [0.15, 0.2) is 29.2 Å². The van der Waals surface area contributed by atoms with E-state index in [2.05, 4.69) is 38.2 Å². The minimum absolute atomic E-state index is 0.0860. The lowest BCUT2D eigenvalue weighted by atomic mass is 10.0. The van der Waals surface area contributed by atoms with Crippen molar-refractivity contribution in [1.29, 1.82) is 0 Å². The van der Waals surface area contributed by atoms with Crippen LogP contribution in [-0.2, 0) is 34.5 Å². The van der Waals surface area contributed by atoms with Crippen LogP contribution in [0.4, 0.5) is 13.2 Å². The highest BCUT2D eigenvalue weighted by atomic mass is 36.0. The minimum atomic E-state index is -4.67. The first kappa shape index (κ1) is 34.8. The largest absolute Gasteiger partial charge is 0.416 e. The molecule has 0 N–H and O–H groups in total. The van der Waals surface area contributed by atoms with E-state index in [0.717, 1.165) is 48.4 Å². The average molecular weight is 688 g/mol. The first-order chi connectivity index (χ1) is 18.9. The molecule has 3 heterocycles. The number of nitrogens with zero attached hydrogens (tertiary/aromatic N) is 4. The Morgan fingerprint density at radius 2 is 1.44 bits per heavy atom. The Balaban J connectivity index is 0.000000850. The van der Waals surface area contributed by atoms with E-state index < -0.39 is 51.0 Å². The van der Waals surface area contributed by atoms with Crippen molar-refractivity contribution < 1.29 is 38.4 Å². The number of likely N-dealkylation sites (tertiary alicyclic amines) is 1. The summed E-state index contributed by atoms with van der Waals surface area (Å²) in [6.45, 7) is 4.16. The van der Waals surface area contributed by atoms with Crippen LogP contribution in [0.25, 0.3) is 0 Å².